The average molecular weight is 405 g/mol. The summed E-state index contributed by atoms with van der Waals surface area (Å²) in [6.45, 7) is 4.66. The molecule has 0 spiro atoms. The number of amides is 1. The lowest BCUT2D eigenvalue weighted by Crippen LogP contribution is -2.48. The van der Waals surface area contributed by atoms with Gasteiger partial charge in [-0.25, -0.2) is 0 Å². The van der Waals surface area contributed by atoms with E-state index in [1.807, 2.05) is 20.2 Å². The van der Waals surface area contributed by atoms with Gasteiger partial charge in [-0.05, 0) is 6.92 Å². The molecule has 1 fully saturated rings. The Morgan fingerprint density at radius 3 is 2.30 bits per heavy atom. The van der Waals surface area contributed by atoms with Crippen LogP contribution < -0.4 is 0 Å². The van der Waals surface area contributed by atoms with Crippen molar-refractivity contribution in [3.8, 4) is 0 Å². The van der Waals surface area contributed by atoms with E-state index in [4.69, 9.17) is 11.6 Å². The number of hydrogen-bond acceptors (Lipinski definition) is 4. The fourth-order valence-corrected chi connectivity index (χ4v) is 3.59. The van der Waals surface area contributed by atoms with Crippen molar-refractivity contribution < 1.29 is 18.0 Å². The number of aryl methyl sites for hydroxylation is 3. The zero-order valence-corrected chi connectivity index (χ0v) is 16.0. The molecule has 0 N–H and O–H groups in total. The van der Waals surface area contributed by atoms with Crippen LogP contribution in [0.5, 0.6) is 0 Å². The SMILES string of the molecule is Cc1nn(C)cc1CN1CCN(C(=O)c2nn(C)c(C(F)(F)F)c2Cl)CC1. The number of aromatic nitrogens is 4. The summed E-state index contributed by atoms with van der Waals surface area (Å²) >= 11 is 5.81. The van der Waals surface area contributed by atoms with Crippen LogP contribution in [-0.2, 0) is 26.8 Å². The van der Waals surface area contributed by atoms with E-state index in [1.165, 1.54) is 4.90 Å². The molecular weight excluding hydrogens is 385 g/mol. The number of nitrogens with zero attached hydrogens (tertiary/aromatic N) is 6. The van der Waals surface area contributed by atoms with Gasteiger partial charge in [0, 0.05) is 58.6 Å². The Bertz CT molecular complexity index is 851. The predicted molar refractivity (Wildman–Crippen MR) is 92.3 cm³/mol. The monoisotopic (exact) mass is 404 g/mol. The van der Waals surface area contributed by atoms with E-state index in [0.717, 1.165) is 18.3 Å². The summed E-state index contributed by atoms with van der Waals surface area (Å²) in [6.07, 6.45) is -2.71. The summed E-state index contributed by atoms with van der Waals surface area (Å²) in [7, 11) is 2.98. The Kier molecular flexibility index (Phi) is 5.22. The molecule has 3 rings (SSSR count). The van der Waals surface area contributed by atoms with Gasteiger partial charge in [-0.3, -0.25) is 19.1 Å². The van der Waals surface area contributed by atoms with E-state index in [0.29, 0.717) is 37.4 Å². The maximum atomic E-state index is 13.0. The number of alkyl halides is 3. The van der Waals surface area contributed by atoms with Crippen molar-refractivity contribution in [2.45, 2.75) is 19.6 Å². The van der Waals surface area contributed by atoms with Crippen LogP contribution in [0, 0.1) is 6.92 Å². The van der Waals surface area contributed by atoms with Crippen molar-refractivity contribution in [3.63, 3.8) is 0 Å². The third-order valence-electron chi connectivity index (χ3n) is 4.63. The van der Waals surface area contributed by atoms with Crippen LogP contribution in [0.1, 0.15) is 27.4 Å². The van der Waals surface area contributed by atoms with Gasteiger partial charge in [0.2, 0.25) is 0 Å². The van der Waals surface area contributed by atoms with Crippen LogP contribution in [0.3, 0.4) is 0 Å². The number of carbonyl (C=O) groups excluding carboxylic acids is 1. The molecule has 0 atom stereocenters. The summed E-state index contributed by atoms with van der Waals surface area (Å²) in [5.74, 6) is -0.580. The fourth-order valence-electron chi connectivity index (χ4n) is 3.25. The van der Waals surface area contributed by atoms with Crippen LogP contribution in [0.2, 0.25) is 5.02 Å². The first-order valence-corrected chi connectivity index (χ1v) is 8.76. The molecule has 0 radical (unpaired) electrons. The molecule has 1 saturated heterocycles. The van der Waals surface area contributed by atoms with E-state index < -0.39 is 22.8 Å². The molecule has 2 aromatic heterocycles. The molecule has 11 heteroatoms. The highest BCUT2D eigenvalue weighted by Gasteiger charge is 2.40. The van der Waals surface area contributed by atoms with Gasteiger partial charge in [0.05, 0.1) is 5.69 Å². The molecule has 0 unspecified atom stereocenters. The van der Waals surface area contributed by atoms with Crippen LogP contribution in [0.15, 0.2) is 6.20 Å². The molecule has 0 aromatic carbocycles. The summed E-state index contributed by atoms with van der Waals surface area (Å²) < 4.78 is 41.5. The van der Waals surface area contributed by atoms with Gasteiger partial charge in [0.25, 0.3) is 5.91 Å². The highest BCUT2D eigenvalue weighted by Crippen LogP contribution is 2.36. The summed E-state index contributed by atoms with van der Waals surface area (Å²) in [4.78, 5) is 16.3. The van der Waals surface area contributed by atoms with Gasteiger partial charge < -0.3 is 4.90 Å². The van der Waals surface area contributed by atoms with E-state index in [9.17, 15) is 18.0 Å². The Balaban J connectivity index is 1.66. The molecule has 3 heterocycles. The van der Waals surface area contributed by atoms with Crippen LogP contribution >= 0.6 is 11.6 Å². The lowest BCUT2D eigenvalue weighted by Gasteiger charge is -2.34. The number of piperazine rings is 1. The number of halogens is 4. The first kappa shape index (κ1) is 19.7. The predicted octanol–water partition coefficient (Wildman–Crippen LogP) is 2.09. The van der Waals surface area contributed by atoms with Crippen molar-refractivity contribution in [2.24, 2.45) is 14.1 Å². The van der Waals surface area contributed by atoms with E-state index in [-0.39, 0.29) is 5.69 Å². The van der Waals surface area contributed by atoms with Crippen molar-refractivity contribution >= 4 is 17.5 Å². The van der Waals surface area contributed by atoms with Crippen LogP contribution in [0.25, 0.3) is 0 Å². The number of rotatable bonds is 3. The minimum atomic E-state index is -4.67. The number of hydrogen-bond donors (Lipinski definition) is 0. The normalized spacial score (nSPS) is 16.2. The zero-order chi connectivity index (χ0) is 19.9. The molecule has 27 heavy (non-hydrogen) atoms. The minimum Gasteiger partial charge on any atom is -0.335 e. The van der Waals surface area contributed by atoms with E-state index in [1.54, 1.807) is 4.68 Å². The molecule has 1 aliphatic heterocycles. The maximum Gasteiger partial charge on any atom is 0.434 e. The topological polar surface area (TPSA) is 59.2 Å². The fraction of sp³-hybridized carbons (Fsp3) is 0.562. The van der Waals surface area contributed by atoms with E-state index in [2.05, 4.69) is 15.1 Å². The first-order valence-electron chi connectivity index (χ1n) is 8.38. The molecule has 0 bridgehead atoms. The van der Waals surface area contributed by atoms with Crippen molar-refractivity contribution in [2.75, 3.05) is 26.2 Å². The standard InChI is InChI=1S/C16H20ClF3N6O/c1-10-11(8-23(2)21-10)9-25-4-6-26(7-5-25)15(27)13-12(17)14(16(18,19)20)24(3)22-13/h8H,4-7,9H2,1-3H3. The second-order valence-electron chi connectivity index (χ2n) is 6.61. The lowest BCUT2D eigenvalue weighted by molar-refractivity contribution is -0.143. The molecule has 0 saturated carbocycles. The highest BCUT2D eigenvalue weighted by atomic mass is 35.5. The third-order valence-corrected chi connectivity index (χ3v) is 4.99. The largest absolute Gasteiger partial charge is 0.434 e. The lowest BCUT2D eigenvalue weighted by atomic mass is 10.2. The van der Waals surface area contributed by atoms with Gasteiger partial charge >= 0.3 is 6.18 Å². The summed E-state index contributed by atoms with van der Waals surface area (Å²) in [5.41, 5.74) is 0.595. The average Bonchev–Trinajstić information content (AvgIpc) is 3.05. The molecule has 7 nitrogen and oxygen atoms in total. The molecular formula is C16H20ClF3N6O. The van der Waals surface area contributed by atoms with Gasteiger partial charge in [0.15, 0.2) is 11.4 Å². The molecule has 0 aliphatic carbocycles. The molecule has 1 aliphatic rings. The van der Waals surface area contributed by atoms with Crippen LogP contribution in [-0.4, -0.2) is 61.4 Å². The van der Waals surface area contributed by atoms with Gasteiger partial charge in [-0.15, -0.1) is 0 Å². The Morgan fingerprint density at radius 1 is 1.19 bits per heavy atom. The molecule has 148 valence electrons. The Labute approximate surface area is 159 Å². The van der Waals surface area contributed by atoms with E-state index >= 15 is 0 Å². The number of carbonyl (C=O) groups is 1. The summed E-state index contributed by atoms with van der Waals surface area (Å²) in [5, 5.41) is 7.36. The van der Waals surface area contributed by atoms with Crippen molar-refractivity contribution in [1.82, 2.24) is 29.4 Å². The van der Waals surface area contributed by atoms with Crippen molar-refractivity contribution in [3.05, 3.63) is 33.9 Å². The Morgan fingerprint density at radius 2 is 1.81 bits per heavy atom. The second kappa shape index (κ2) is 7.16. The third kappa shape index (κ3) is 3.96. The van der Waals surface area contributed by atoms with Crippen molar-refractivity contribution in [1.29, 1.82) is 0 Å². The first-order chi connectivity index (χ1) is 12.6. The summed E-state index contributed by atoms with van der Waals surface area (Å²) in [6, 6.07) is 0. The van der Waals surface area contributed by atoms with Gasteiger partial charge in [-0.1, -0.05) is 11.6 Å². The van der Waals surface area contributed by atoms with Gasteiger partial charge in [-0.2, -0.15) is 23.4 Å². The van der Waals surface area contributed by atoms with Crippen LogP contribution in [0.4, 0.5) is 13.2 Å². The quantitative estimate of drug-likeness (QED) is 0.786. The highest BCUT2D eigenvalue weighted by molar-refractivity contribution is 6.34. The smallest absolute Gasteiger partial charge is 0.335 e. The van der Waals surface area contributed by atoms with Gasteiger partial charge in [0.1, 0.15) is 5.02 Å². The molecule has 1 amide bonds. The Hall–Kier alpha value is -2.07. The minimum absolute atomic E-state index is 0.358. The maximum absolute atomic E-state index is 13.0. The zero-order valence-electron chi connectivity index (χ0n) is 15.2. The molecule has 2 aromatic rings. The second-order valence-corrected chi connectivity index (χ2v) is 6.99.